The monoisotopic (exact) mass is 391 g/mol. The SMILES string of the molecule is CCCCCCCCCSc1nnc(COc2ccc(NC(C)=O)cc2)o1. The first kappa shape index (κ1) is 21.3. The third-order valence-electron chi connectivity index (χ3n) is 3.96. The summed E-state index contributed by atoms with van der Waals surface area (Å²) in [4.78, 5) is 11.0. The zero-order valence-electron chi connectivity index (χ0n) is 16.2. The van der Waals surface area contributed by atoms with Crippen molar-refractivity contribution < 1.29 is 13.9 Å². The van der Waals surface area contributed by atoms with Crippen LogP contribution < -0.4 is 10.1 Å². The Morgan fingerprint density at radius 2 is 1.78 bits per heavy atom. The quantitative estimate of drug-likeness (QED) is 0.361. The number of ether oxygens (including phenoxy) is 1. The van der Waals surface area contributed by atoms with Gasteiger partial charge in [0, 0.05) is 18.4 Å². The predicted octanol–water partition coefficient (Wildman–Crippen LogP) is 5.45. The van der Waals surface area contributed by atoms with Gasteiger partial charge in [0.2, 0.25) is 5.91 Å². The Hall–Kier alpha value is -2.02. The van der Waals surface area contributed by atoms with Crippen molar-refractivity contribution in [2.75, 3.05) is 11.1 Å². The molecule has 7 heteroatoms. The second-order valence-corrected chi connectivity index (χ2v) is 7.47. The molecule has 6 nitrogen and oxygen atoms in total. The number of carbonyl (C=O) groups is 1. The van der Waals surface area contributed by atoms with Crippen LogP contribution in [0.1, 0.15) is 64.7 Å². The molecular weight excluding hydrogens is 362 g/mol. The van der Waals surface area contributed by atoms with E-state index in [0.29, 0.717) is 16.9 Å². The van der Waals surface area contributed by atoms with E-state index >= 15 is 0 Å². The van der Waals surface area contributed by atoms with Gasteiger partial charge in [-0.3, -0.25) is 4.79 Å². The normalized spacial score (nSPS) is 10.7. The predicted molar refractivity (Wildman–Crippen MR) is 108 cm³/mol. The van der Waals surface area contributed by atoms with E-state index in [9.17, 15) is 4.79 Å². The van der Waals surface area contributed by atoms with E-state index in [4.69, 9.17) is 9.15 Å². The molecule has 27 heavy (non-hydrogen) atoms. The van der Waals surface area contributed by atoms with Gasteiger partial charge < -0.3 is 14.5 Å². The second-order valence-electron chi connectivity index (χ2n) is 6.43. The van der Waals surface area contributed by atoms with Gasteiger partial charge in [0.25, 0.3) is 11.1 Å². The maximum atomic E-state index is 11.0. The van der Waals surface area contributed by atoms with Crippen LogP contribution in [0.5, 0.6) is 5.75 Å². The Morgan fingerprint density at radius 3 is 2.48 bits per heavy atom. The van der Waals surface area contributed by atoms with Crippen LogP contribution in [-0.4, -0.2) is 21.9 Å². The molecule has 0 spiro atoms. The van der Waals surface area contributed by atoms with E-state index in [-0.39, 0.29) is 12.5 Å². The number of thioether (sulfide) groups is 1. The maximum absolute atomic E-state index is 11.0. The molecule has 1 aromatic heterocycles. The molecule has 1 aromatic carbocycles. The van der Waals surface area contributed by atoms with E-state index in [0.717, 1.165) is 11.4 Å². The molecule has 148 valence electrons. The molecule has 0 saturated carbocycles. The molecule has 0 aliphatic heterocycles. The summed E-state index contributed by atoms with van der Waals surface area (Å²) in [6.45, 7) is 3.94. The average molecular weight is 392 g/mol. The zero-order chi connectivity index (χ0) is 19.3. The number of hydrogen-bond acceptors (Lipinski definition) is 6. The summed E-state index contributed by atoms with van der Waals surface area (Å²) in [6, 6.07) is 7.15. The maximum Gasteiger partial charge on any atom is 0.276 e. The summed E-state index contributed by atoms with van der Waals surface area (Å²) >= 11 is 1.60. The Kier molecular flexibility index (Phi) is 9.76. The molecule has 0 fully saturated rings. The molecule has 2 aromatic rings. The number of nitrogens with zero attached hydrogens (tertiary/aromatic N) is 2. The number of anilines is 1. The lowest BCUT2D eigenvalue weighted by Gasteiger charge is -2.05. The van der Waals surface area contributed by atoms with Gasteiger partial charge in [0.1, 0.15) is 5.75 Å². The van der Waals surface area contributed by atoms with E-state index in [1.807, 2.05) is 0 Å². The molecule has 0 saturated heterocycles. The van der Waals surface area contributed by atoms with Crippen LogP contribution in [0.2, 0.25) is 0 Å². The van der Waals surface area contributed by atoms with Crippen molar-refractivity contribution in [3.8, 4) is 5.75 Å². The van der Waals surface area contributed by atoms with Crippen LogP contribution in [0, 0.1) is 0 Å². The van der Waals surface area contributed by atoms with Crippen molar-refractivity contribution in [1.82, 2.24) is 10.2 Å². The number of nitrogens with one attached hydrogen (secondary N) is 1. The summed E-state index contributed by atoms with van der Waals surface area (Å²) in [6.07, 6.45) is 9.08. The van der Waals surface area contributed by atoms with Crippen LogP contribution in [-0.2, 0) is 11.4 Å². The molecule has 2 rings (SSSR count). The van der Waals surface area contributed by atoms with Crippen LogP contribution >= 0.6 is 11.8 Å². The number of rotatable bonds is 13. The zero-order valence-corrected chi connectivity index (χ0v) is 17.0. The van der Waals surface area contributed by atoms with Crippen molar-refractivity contribution in [3.63, 3.8) is 0 Å². The lowest BCUT2D eigenvalue weighted by molar-refractivity contribution is -0.114. The molecule has 0 atom stereocenters. The standard InChI is InChI=1S/C20H29N3O3S/c1-3-4-5-6-7-8-9-14-27-20-23-22-19(26-20)15-25-18-12-10-17(11-13-18)21-16(2)24/h10-13H,3-9,14-15H2,1-2H3,(H,21,24). The number of amides is 1. The number of carbonyl (C=O) groups excluding carboxylic acids is 1. The summed E-state index contributed by atoms with van der Waals surface area (Å²) in [5.74, 6) is 2.04. The first-order valence-corrected chi connectivity index (χ1v) is 10.6. The minimum Gasteiger partial charge on any atom is -0.484 e. The Labute approximate surface area is 165 Å². The minimum absolute atomic E-state index is 0.101. The van der Waals surface area contributed by atoms with Gasteiger partial charge in [-0.05, 0) is 30.7 Å². The fourth-order valence-corrected chi connectivity index (χ4v) is 3.33. The molecular formula is C20H29N3O3S. The van der Waals surface area contributed by atoms with Crippen molar-refractivity contribution in [3.05, 3.63) is 30.2 Å². The minimum atomic E-state index is -0.101. The molecule has 0 unspecified atom stereocenters. The van der Waals surface area contributed by atoms with Gasteiger partial charge in [-0.25, -0.2) is 0 Å². The van der Waals surface area contributed by atoms with E-state index < -0.39 is 0 Å². The van der Waals surface area contributed by atoms with Crippen LogP contribution in [0.3, 0.4) is 0 Å². The van der Waals surface area contributed by atoms with Crippen molar-refractivity contribution in [2.45, 2.75) is 70.6 Å². The Balaban J connectivity index is 1.62. The lowest BCUT2D eigenvalue weighted by Crippen LogP contribution is -2.05. The fraction of sp³-hybridized carbons (Fsp3) is 0.550. The average Bonchev–Trinajstić information content (AvgIpc) is 3.11. The molecule has 0 aliphatic rings. The van der Waals surface area contributed by atoms with Gasteiger partial charge in [-0.1, -0.05) is 57.2 Å². The molecule has 1 amide bonds. The first-order chi connectivity index (χ1) is 13.2. The third-order valence-corrected chi connectivity index (χ3v) is 4.86. The van der Waals surface area contributed by atoms with E-state index in [1.165, 1.54) is 51.9 Å². The van der Waals surface area contributed by atoms with E-state index in [2.05, 4.69) is 22.4 Å². The highest BCUT2D eigenvalue weighted by molar-refractivity contribution is 7.99. The molecule has 0 bridgehead atoms. The number of hydrogen-bond donors (Lipinski definition) is 1. The van der Waals surface area contributed by atoms with Gasteiger partial charge in [0.15, 0.2) is 6.61 Å². The van der Waals surface area contributed by atoms with Gasteiger partial charge in [-0.15, -0.1) is 10.2 Å². The van der Waals surface area contributed by atoms with E-state index in [1.54, 1.807) is 36.0 Å². The number of benzene rings is 1. The smallest absolute Gasteiger partial charge is 0.276 e. The molecule has 0 radical (unpaired) electrons. The number of aromatic nitrogens is 2. The van der Waals surface area contributed by atoms with Gasteiger partial charge >= 0.3 is 0 Å². The van der Waals surface area contributed by atoms with Gasteiger partial charge in [-0.2, -0.15) is 0 Å². The highest BCUT2D eigenvalue weighted by Crippen LogP contribution is 2.20. The molecule has 1 N–H and O–H groups in total. The van der Waals surface area contributed by atoms with Crippen molar-refractivity contribution in [1.29, 1.82) is 0 Å². The molecule has 0 aliphatic carbocycles. The van der Waals surface area contributed by atoms with Crippen LogP contribution in [0.25, 0.3) is 0 Å². The van der Waals surface area contributed by atoms with Gasteiger partial charge in [0.05, 0.1) is 0 Å². The topological polar surface area (TPSA) is 77.3 Å². The highest BCUT2D eigenvalue weighted by Gasteiger charge is 2.07. The lowest BCUT2D eigenvalue weighted by atomic mass is 10.1. The summed E-state index contributed by atoms with van der Waals surface area (Å²) < 4.78 is 11.2. The van der Waals surface area contributed by atoms with Crippen molar-refractivity contribution >= 4 is 23.4 Å². The summed E-state index contributed by atoms with van der Waals surface area (Å²) in [7, 11) is 0. The van der Waals surface area contributed by atoms with Crippen molar-refractivity contribution in [2.24, 2.45) is 0 Å². The summed E-state index contributed by atoms with van der Waals surface area (Å²) in [5, 5.41) is 11.4. The highest BCUT2D eigenvalue weighted by atomic mass is 32.2. The van der Waals surface area contributed by atoms with Crippen LogP contribution in [0.4, 0.5) is 5.69 Å². The second kappa shape index (κ2) is 12.4. The third kappa shape index (κ3) is 8.95. The Bertz CT molecular complexity index is 673. The fourth-order valence-electron chi connectivity index (χ4n) is 2.56. The van der Waals surface area contributed by atoms with Crippen LogP contribution in [0.15, 0.2) is 33.9 Å². The summed E-state index contributed by atoms with van der Waals surface area (Å²) in [5.41, 5.74) is 0.733. The molecule has 1 heterocycles. The Morgan fingerprint density at radius 1 is 1.07 bits per heavy atom. The largest absolute Gasteiger partial charge is 0.484 e. The number of unbranched alkanes of at least 4 members (excludes halogenated alkanes) is 6. The first-order valence-electron chi connectivity index (χ1n) is 9.63.